The Morgan fingerprint density at radius 3 is 2.28 bits per heavy atom. The number of carboxylic acids is 1. The summed E-state index contributed by atoms with van der Waals surface area (Å²) in [4.78, 5) is 40.4. The van der Waals surface area contributed by atoms with Crippen LogP contribution < -0.4 is 14.8 Å². The molecule has 0 aliphatic carbocycles. The number of nitrogens with one attached hydrogen (secondary N) is 1. The number of benzene rings is 4. The maximum atomic E-state index is 13.2. The maximum Gasteiger partial charge on any atom is 0.326 e. The molecule has 8 heteroatoms. The number of ketones is 1. The van der Waals surface area contributed by atoms with Gasteiger partial charge in [0, 0.05) is 29.8 Å². The Hall–Kier alpha value is -5.11. The highest BCUT2D eigenvalue weighted by atomic mass is 16.5. The Morgan fingerprint density at radius 2 is 1.56 bits per heavy atom. The van der Waals surface area contributed by atoms with Gasteiger partial charge in [-0.2, -0.15) is 0 Å². The van der Waals surface area contributed by atoms with E-state index in [1.807, 2.05) is 47.4 Å². The van der Waals surface area contributed by atoms with Crippen LogP contribution in [0.3, 0.4) is 0 Å². The van der Waals surface area contributed by atoms with E-state index < -0.39 is 12.0 Å². The van der Waals surface area contributed by atoms with Crippen LogP contribution in [0.4, 0.5) is 5.69 Å². The van der Waals surface area contributed by atoms with Crippen molar-refractivity contribution in [2.75, 3.05) is 25.6 Å². The van der Waals surface area contributed by atoms with Gasteiger partial charge in [0.05, 0.1) is 18.7 Å². The fourth-order valence-electron chi connectivity index (χ4n) is 5.34. The van der Waals surface area contributed by atoms with Gasteiger partial charge in [-0.15, -0.1) is 0 Å². The zero-order valence-electron chi connectivity index (χ0n) is 23.9. The smallest absolute Gasteiger partial charge is 0.326 e. The molecule has 0 bridgehead atoms. The SMILES string of the molecule is COc1ccccc1C(=O)N1CCC[C@H]1COc1ccc(C[C@H](Nc2ccccc2C(=O)c2ccccc2)C(=O)O)cc1. The van der Waals surface area contributed by atoms with Gasteiger partial charge in [0.15, 0.2) is 5.78 Å². The Balaban J connectivity index is 1.21. The fraction of sp³-hybridized carbons (Fsp3) is 0.229. The zero-order chi connectivity index (χ0) is 30.2. The van der Waals surface area contributed by atoms with Gasteiger partial charge in [-0.1, -0.05) is 66.7 Å². The van der Waals surface area contributed by atoms with Crippen molar-refractivity contribution in [1.82, 2.24) is 4.90 Å². The molecule has 1 saturated heterocycles. The molecule has 4 aromatic carbocycles. The third kappa shape index (κ3) is 7.04. The van der Waals surface area contributed by atoms with E-state index in [1.165, 1.54) is 0 Å². The summed E-state index contributed by atoms with van der Waals surface area (Å²) in [7, 11) is 1.56. The molecule has 2 N–H and O–H groups in total. The molecule has 43 heavy (non-hydrogen) atoms. The van der Waals surface area contributed by atoms with Crippen molar-refractivity contribution < 1.29 is 29.0 Å². The number of carbonyl (C=O) groups excluding carboxylic acids is 2. The molecular formula is C35H34N2O6. The van der Waals surface area contributed by atoms with Crippen LogP contribution >= 0.6 is 0 Å². The lowest BCUT2D eigenvalue weighted by Gasteiger charge is -2.25. The summed E-state index contributed by atoms with van der Waals surface area (Å²) in [6, 6.07) is 29.3. The van der Waals surface area contributed by atoms with Crippen molar-refractivity contribution in [3.63, 3.8) is 0 Å². The predicted molar refractivity (Wildman–Crippen MR) is 164 cm³/mol. The molecule has 220 valence electrons. The number of ether oxygens (including phenoxy) is 2. The van der Waals surface area contributed by atoms with E-state index in [0.717, 1.165) is 18.4 Å². The van der Waals surface area contributed by atoms with Crippen LogP contribution in [0, 0.1) is 0 Å². The summed E-state index contributed by atoms with van der Waals surface area (Å²) in [5, 5.41) is 13.0. The van der Waals surface area contributed by atoms with E-state index in [4.69, 9.17) is 9.47 Å². The second-order valence-corrected chi connectivity index (χ2v) is 10.4. The summed E-state index contributed by atoms with van der Waals surface area (Å²) in [6.07, 6.45) is 1.95. The number of hydrogen-bond acceptors (Lipinski definition) is 6. The van der Waals surface area contributed by atoms with E-state index in [1.54, 1.807) is 67.8 Å². The first-order valence-corrected chi connectivity index (χ1v) is 14.3. The van der Waals surface area contributed by atoms with Crippen molar-refractivity contribution in [2.45, 2.75) is 31.3 Å². The molecule has 0 spiro atoms. The average molecular weight is 579 g/mol. The van der Waals surface area contributed by atoms with E-state index >= 15 is 0 Å². The van der Waals surface area contributed by atoms with Crippen molar-refractivity contribution in [3.05, 3.63) is 125 Å². The first kappa shape index (κ1) is 29.4. The number of anilines is 1. The molecule has 1 heterocycles. The molecule has 5 rings (SSSR count). The van der Waals surface area contributed by atoms with E-state index in [2.05, 4.69) is 5.32 Å². The van der Waals surface area contributed by atoms with Gasteiger partial charge in [0.2, 0.25) is 0 Å². The van der Waals surface area contributed by atoms with Crippen molar-refractivity contribution in [3.8, 4) is 11.5 Å². The number of rotatable bonds is 12. The summed E-state index contributed by atoms with van der Waals surface area (Å²) in [6.45, 7) is 1.01. The molecule has 8 nitrogen and oxygen atoms in total. The number of para-hydroxylation sites is 2. The molecular weight excluding hydrogens is 544 g/mol. The third-order valence-corrected chi connectivity index (χ3v) is 7.62. The highest BCUT2D eigenvalue weighted by Gasteiger charge is 2.31. The quantitative estimate of drug-likeness (QED) is 0.207. The normalized spacial score (nSPS) is 15.0. The number of nitrogens with zero attached hydrogens (tertiary/aromatic N) is 1. The molecule has 1 fully saturated rings. The van der Waals surface area contributed by atoms with E-state index in [-0.39, 0.29) is 24.2 Å². The standard InChI is InChI=1S/C35H34N2O6/c1-42-32-16-8-6-14-29(32)34(39)37-21-9-12-26(37)23-43-27-19-17-24(18-20-27)22-31(35(40)41)36-30-15-7-5-13-28(30)33(38)25-10-3-2-4-11-25/h2-8,10-11,13-20,26,31,36H,9,12,21-23H2,1H3,(H,40,41)/t26-,31-/m0/s1. The average Bonchev–Trinajstić information content (AvgIpc) is 3.52. The second-order valence-electron chi connectivity index (χ2n) is 10.4. The minimum Gasteiger partial charge on any atom is -0.496 e. The summed E-state index contributed by atoms with van der Waals surface area (Å²) >= 11 is 0. The second kappa shape index (κ2) is 13.7. The molecule has 1 amide bonds. The van der Waals surface area contributed by atoms with E-state index in [9.17, 15) is 19.5 Å². The zero-order valence-corrected chi connectivity index (χ0v) is 23.9. The van der Waals surface area contributed by atoms with Gasteiger partial charge in [-0.05, 0) is 54.8 Å². The van der Waals surface area contributed by atoms with Gasteiger partial charge in [0.25, 0.3) is 5.91 Å². The van der Waals surface area contributed by atoms with Crippen molar-refractivity contribution >= 4 is 23.3 Å². The number of amides is 1. The highest BCUT2D eigenvalue weighted by Crippen LogP contribution is 2.26. The predicted octanol–water partition coefficient (Wildman–Crippen LogP) is 5.72. The number of hydrogen-bond donors (Lipinski definition) is 2. The van der Waals surface area contributed by atoms with Gasteiger partial charge in [-0.25, -0.2) is 4.79 Å². The van der Waals surface area contributed by atoms with E-state index in [0.29, 0.717) is 47.0 Å². The maximum absolute atomic E-state index is 13.2. The number of aliphatic carboxylic acids is 1. The first-order chi connectivity index (χ1) is 20.9. The van der Waals surface area contributed by atoms with Crippen LogP contribution in [0.5, 0.6) is 11.5 Å². The summed E-state index contributed by atoms with van der Waals surface area (Å²) < 4.78 is 11.4. The molecule has 4 aromatic rings. The Morgan fingerprint density at radius 1 is 0.884 bits per heavy atom. The Bertz CT molecular complexity index is 1570. The van der Waals surface area contributed by atoms with Gasteiger partial charge in [-0.3, -0.25) is 9.59 Å². The molecule has 0 radical (unpaired) electrons. The first-order valence-electron chi connectivity index (χ1n) is 14.3. The third-order valence-electron chi connectivity index (χ3n) is 7.62. The Labute approximate surface area is 250 Å². The lowest BCUT2D eigenvalue weighted by atomic mass is 10.00. The Kier molecular flexibility index (Phi) is 9.36. The largest absolute Gasteiger partial charge is 0.496 e. The number of likely N-dealkylation sites (tertiary alicyclic amines) is 1. The number of carboxylic acid groups (broad SMARTS) is 1. The minimum absolute atomic E-state index is 0.0589. The minimum atomic E-state index is -1.02. The van der Waals surface area contributed by atoms with Crippen LogP contribution in [0.2, 0.25) is 0 Å². The van der Waals surface area contributed by atoms with Crippen LogP contribution in [0.15, 0.2) is 103 Å². The fourth-order valence-corrected chi connectivity index (χ4v) is 5.34. The highest BCUT2D eigenvalue weighted by molar-refractivity contribution is 6.12. The number of carbonyl (C=O) groups is 3. The van der Waals surface area contributed by atoms with Crippen molar-refractivity contribution in [2.24, 2.45) is 0 Å². The summed E-state index contributed by atoms with van der Waals surface area (Å²) in [5.41, 5.74) is 2.74. The van der Waals surface area contributed by atoms with Crippen LogP contribution in [-0.2, 0) is 11.2 Å². The van der Waals surface area contributed by atoms with Gasteiger partial charge < -0.3 is 24.8 Å². The summed E-state index contributed by atoms with van der Waals surface area (Å²) in [5.74, 6) is -0.0877. The van der Waals surface area contributed by atoms with Crippen LogP contribution in [0.1, 0.15) is 44.7 Å². The van der Waals surface area contributed by atoms with Crippen LogP contribution in [-0.4, -0.2) is 60.0 Å². The molecule has 1 aliphatic rings. The molecule has 0 aromatic heterocycles. The van der Waals surface area contributed by atoms with Gasteiger partial charge in [0.1, 0.15) is 24.1 Å². The van der Waals surface area contributed by atoms with Crippen LogP contribution in [0.25, 0.3) is 0 Å². The number of methoxy groups -OCH3 is 1. The van der Waals surface area contributed by atoms with Crippen molar-refractivity contribution in [1.29, 1.82) is 0 Å². The lowest BCUT2D eigenvalue weighted by Crippen LogP contribution is -2.39. The molecule has 2 atom stereocenters. The topological polar surface area (TPSA) is 105 Å². The monoisotopic (exact) mass is 578 g/mol. The lowest BCUT2D eigenvalue weighted by molar-refractivity contribution is -0.137. The molecule has 0 unspecified atom stereocenters. The molecule has 1 aliphatic heterocycles. The molecule has 0 saturated carbocycles. The van der Waals surface area contributed by atoms with Gasteiger partial charge >= 0.3 is 5.97 Å².